The average molecular weight is 362 g/mol. The molecule has 26 heavy (non-hydrogen) atoms. The molecule has 1 amide bonds. The van der Waals surface area contributed by atoms with Gasteiger partial charge < -0.3 is 9.88 Å². The third-order valence-corrected chi connectivity index (χ3v) is 5.57. The molecule has 0 unspecified atom stereocenters. The molecule has 0 bridgehead atoms. The minimum atomic E-state index is -0.0273. The van der Waals surface area contributed by atoms with Gasteiger partial charge in [0.2, 0.25) is 5.91 Å². The fourth-order valence-corrected chi connectivity index (χ4v) is 4.11. The fourth-order valence-electron chi connectivity index (χ4n) is 3.19. The lowest BCUT2D eigenvalue weighted by atomic mass is 10.0. The summed E-state index contributed by atoms with van der Waals surface area (Å²) in [4.78, 5) is 24.1. The van der Waals surface area contributed by atoms with E-state index < -0.39 is 0 Å². The molecule has 0 atom stereocenters. The molecule has 1 aromatic heterocycles. The fraction of sp³-hybridized carbons (Fsp3) is 0.143. The second-order valence-corrected chi connectivity index (χ2v) is 7.29. The van der Waals surface area contributed by atoms with E-state index in [1.165, 1.54) is 27.7 Å². The van der Waals surface area contributed by atoms with Crippen LogP contribution in [0.1, 0.15) is 12.0 Å². The van der Waals surface area contributed by atoms with Crippen molar-refractivity contribution in [2.75, 3.05) is 5.32 Å². The molecule has 130 valence electrons. The number of nitrogens with zero attached hydrogens (tertiary/aromatic N) is 1. The molecular formula is C21H18N2O2S. The van der Waals surface area contributed by atoms with Crippen LogP contribution in [0.5, 0.6) is 0 Å². The molecule has 4 nitrogen and oxygen atoms in total. The normalized spacial score (nSPS) is 11.1. The van der Waals surface area contributed by atoms with Gasteiger partial charge in [-0.1, -0.05) is 53.8 Å². The Morgan fingerprint density at radius 1 is 1.08 bits per heavy atom. The number of thiazole rings is 1. The van der Waals surface area contributed by atoms with Crippen LogP contribution in [-0.4, -0.2) is 10.5 Å². The van der Waals surface area contributed by atoms with Crippen molar-refractivity contribution in [1.29, 1.82) is 0 Å². The summed E-state index contributed by atoms with van der Waals surface area (Å²) in [5.74, 6) is -0.0273. The Kier molecular flexibility index (Phi) is 4.31. The van der Waals surface area contributed by atoms with Crippen LogP contribution >= 0.6 is 11.3 Å². The van der Waals surface area contributed by atoms with Crippen molar-refractivity contribution >= 4 is 43.9 Å². The summed E-state index contributed by atoms with van der Waals surface area (Å²) in [6.45, 7) is 0. The number of fused-ring (bicyclic) bond motifs is 2. The largest absolute Gasteiger partial charge is 0.326 e. The smallest absolute Gasteiger partial charge is 0.307 e. The summed E-state index contributed by atoms with van der Waals surface area (Å²) in [5, 5.41) is 5.32. The van der Waals surface area contributed by atoms with Gasteiger partial charge in [-0.15, -0.1) is 0 Å². The number of carbonyl (C=O) groups excluding carboxylic acids is 1. The first-order chi connectivity index (χ1) is 12.6. The first kappa shape index (κ1) is 16.5. The lowest BCUT2D eigenvalue weighted by Crippen LogP contribution is -2.12. The highest BCUT2D eigenvalue weighted by molar-refractivity contribution is 7.16. The van der Waals surface area contributed by atoms with Gasteiger partial charge in [0.05, 0.1) is 10.2 Å². The summed E-state index contributed by atoms with van der Waals surface area (Å²) >= 11 is 1.19. The molecule has 1 N–H and O–H groups in total. The minimum absolute atomic E-state index is 0.000526. The number of hydrogen-bond acceptors (Lipinski definition) is 3. The number of nitrogens with one attached hydrogen (secondary N) is 1. The first-order valence-corrected chi connectivity index (χ1v) is 9.29. The van der Waals surface area contributed by atoms with E-state index in [1.807, 2.05) is 36.4 Å². The Morgan fingerprint density at radius 2 is 1.88 bits per heavy atom. The molecule has 0 spiro atoms. The Balaban J connectivity index is 1.48. The number of benzene rings is 3. The lowest BCUT2D eigenvalue weighted by Gasteiger charge is -2.08. The van der Waals surface area contributed by atoms with Gasteiger partial charge in [-0.2, -0.15) is 0 Å². The molecular weight excluding hydrogens is 344 g/mol. The van der Waals surface area contributed by atoms with Gasteiger partial charge >= 0.3 is 4.87 Å². The van der Waals surface area contributed by atoms with E-state index in [0.29, 0.717) is 12.8 Å². The zero-order valence-corrected chi connectivity index (χ0v) is 15.2. The minimum Gasteiger partial charge on any atom is -0.326 e. The first-order valence-electron chi connectivity index (χ1n) is 8.48. The molecule has 4 rings (SSSR count). The number of carbonyl (C=O) groups is 1. The lowest BCUT2D eigenvalue weighted by molar-refractivity contribution is -0.116. The maximum Gasteiger partial charge on any atom is 0.307 e. The van der Waals surface area contributed by atoms with Gasteiger partial charge in [0.25, 0.3) is 0 Å². The van der Waals surface area contributed by atoms with Crippen molar-refractivity contribution < 1.29 is 4.79 Å². The predicted molar refractivity (Wildman–Crippen MR) is 108 cm³/mol. The Morgan fingerprint density at radius 3 is 2.77 bits per heavy atom. The van der Waals surface area contributed by atoms with Crippen molar-refractivity contribution in [3.63, 3.8) is 0 Å². The van der Waals surface area contributed by atoms with Crippen LogP contribution in [0.4, 0.5) is 5.69 Å². The van der Waals surface area contributed by atoms with Crippen LogP contribution in [0.25, 0.3) is 21.0 Å². The molecule has 0 aliphatic rings. The van der Waals surface area contributed by atoms with Gasteiger partial charge in [-0.05, 0) is 41.0 Å². The van der Waals surface area contributed by atoms with Crippen LogP contribution in [0, 0.1) is 0 Å². The Bertz CT molecular complexity index is 1170. The molecule has 3 aromatic carbocycles. The van der Waals surface area contributed by atoms with Gasteiger partial charge in [0.1, 0.15) is 0 Å². The summed E-state index contributed by atoms with van der Waals surface area (Å²) in [7, 11) is 1.75. The third kappa shape index (κ3) is 3.13. The molecule has 0 aliphatic carbocycles. The number of aromatic nitrogens is 1. The molecule has 4 aromatic rings. The molecule has 0 fully saturated rings. The quantitative estimate of drug-likeness (QED) is 0.588. The van der Waals surface area contributed by atoms with Crippen molar-refractivity contribution in [3.8, 4) is 0 Å². The van der Waals surface area contributed by atoms with Crippen LogP contribution in [0.2, 0.25) is 0 Å². The van der Waals surface area contributed by atoms with Crippen LogP contribution < -0.4 is 10.2 Å². The molecule has 1 heterocycles. The maximum atomic E-state index is 12.4. The van der Waals surface area contributed by atoms with Gasteiger partial charge in [0.15, 0.2) is 0 Å². The SMILES string of the molecule is Cn1c(=O)sc2cc(NC(=O)CCc3cccc4ccccc34)ccc21. The van der Waals surface area contributed by atoms with Crippen molar-refractivity contribution in [2.45, 2.75) is 12.8 Å². The van der Waals surface area contributed by atoms with E-state index >= 15 is 0 Å². The summed E-state index contributed by atoms with van der Waals surface area (Å²) in [5.41, 5.74) is 2.78. The van der Waals surface area contributed by atoms with Crippen molar-refractivity contribution in [2.24, 2.45) is 7.05 Å². The number of anilines is 1. The van der Waals surface area contributed by atoms with Gasteiger partial charge in [-0.25, -0.2) is 0 Å². The average Bonchev–Trinajstić information content (AvgIpc) is 2.93. The van der Waals surface area contributed by atoms with Crippen molar-refractivity contribution in [3.05, 3.63) is 75.9 Å². The van der Waals surface area contributed by atoms with E-state index in [4.69, 9.17) is 0 Å². The number of hydrogen-bond donors (Lipinski definition) is 1. The highest BCUT2D eigenvalue weighted by Crippen LogP contribution is 2.22. The highest BCUT2D eigenvalue weighted by Gasteiger charge is 2.08. The van der Waals surface area contributed by atoms with E-state index in [9.17, 15) is 9.59 Å². The number of amides is 1. The van der Waals surface area contributed by atoms with Crippen LogP contribution in [-0.2, 0) is 18.3 Å². The topological polar surface area (TPSA) is 51.1 Å². The summed E-state index contributed by atoms with van der Waals surface area (Å²) in [6.07, 6.45) is 1.10. The summed E-state index contributed by atoms with van der Waals surface area (Å²) in [6, 6.07) is 20.0. The monoisotopic (exact) mass is 362 g/mol. The molecule has 5 heteroatoms. The van der Waals surface area contributed by atoms with Gasteiger partial charge in [-0.3, -0.25) is 9.59 Å². The predicted octanol–water partition coefficient (Wildman–Crippen LogP) is 4.32. The second-order valence-electron chi connectivity index (χ2n) is 6.30. The van der Waals surface area contributed by atoms with E-state index in [2.05, 4.69) is 29.6 Å². The van der Waals surface area contributed by atoms with Crippen LogP contribution in [0.15, 0.2) is 65.5 Å². The Labute approximate surface area is 154 Å². The number of rotatable bonds is 4. The summed E-state index contributed by atoms with van der Waals surface area (Å²) < 4.78 is 2.50. The standard InChI is InChI=1S/C21H18N2O2S/c1-23-18-11-10-16(13-19(18)26-21(23)25)22-20(24)12-9-15-7-4-6-14-5-2-3-8-17(14)15/h2-8,10-11,13H,9,12H2,1H3,(H,22,24). The van der Waals surface area contributed by atoms with E-state index in [-0.39, 0.29) is 10.8 Å². The van der Waals surface area contributed by atoms with Crippen LogP contribution in [0.3, 0.4) is 0 Å². The zero-order chi connectivity index (χ0) is 18.1. The number of aryl methyl sites for hydroxylation is 2. The van der Waals surface area contributed by atoms with Gasteiger partial charge in [0, 0.05) is 19.2 Å². The van der Waals surface area contributed by atoms with E-state index in [1.54, 1.807) is 11.6 Å². The van der Waals surface area contributed by atoms with E-state index in [0.717, 1.165) is 15.9 Å². The third-order valence-electron chi connectivity index (χ3n) is 4.58. The second kappa shape index (κ2) is 6.77. The molecule has 0 saturated carbocycles. The molecule has 0 aliphatic heterocycles. The molecule has 0 saturated heterocycles. The highest BCUT2D eigenvalue weighted by atomic mass is 32.1. The maximum absolute atomic E-state index is 12.4. The zero-order valence-electron chi connectivity index (χ0n) is 14.4. The molecule has 0 radical (unpaired) electrons. The Hall–Kier alpha value is -2.92. The van der Waals surface area contributed by atoms with Crippen molar-refractivity contribution in [1.82, 2.24) is 4.57 Å².